The minimum atomic E-state index is -0.893. The highest BCUT2D eigenvalue weighted by atomic mass is 16.2. The number of hydrogen-bond donors (Lipinski definition) is 4. The van der Waals surface area contributed by atoms with Gasteiger partial charge in [-0.05, 0) is 23.2 Å². The molecule has 0 bridgehead atoms. The Morgan fingerprint density at radius 3 is 3.13 bits per heavy atom. The molecule has 0 atom stereocenters. The molecule has 76 valence electrons. The normalized spacial score (nSPS) is 13.1. The third kappa shape index (κ3) is 1.70. The van der Waals surface area contributed by atoms with E-state index in [2.05, 4.69) is 10.4 Å². The van der Waals surface area contributed by atoms with Gasteiger partial charge in [-0.1, -0.05) is 6.07 Å². The standard InChI is InChI=1S/C8H9BN4O2/c10-12-8(14)5-1-2-6-4-11-13-9(15)7(6)3-5/h1-4,13,15H,10H2,(H,12,14). The van der Waals surface area contributed by atoms with Gasteiger partial charge in [0.05, 0.1) is 6.21 Å². The number of hydrazine groups is 1. The second-order valence-electron chi connectivity index (χ2n) is 3.11. The molecule has 0 aromatic heterocycles. The van der Waals surface area contributed by atoms with E-state index in [9.17, 15) is 9.82 Å². The third-order valence-corrected chi connectivity index (χ3v) is 2.18. The summed E-state index contributed by atoms with van der Waals surface area (Å²) in [6, 6.07) is 4.89. The number of nitrogens with two attached hydrogens (primary N) is 1. The molecule has 0 fully saturated rings. The van der Waals surface area contributed by atoms with Crippen LogP contribution in [0.4, 0.5) is 0 Å². The molecule has 7 heteroatoms. The van der Waals surface area contributed by atoms with E-state index in [1.54, 1.807) is 24.4 Å². The van der Waals surface area contributed by atoms with Gasteiger partial charge in [-0.15, -0.1) is 0 Å². The number of benzene rings is 1. The molecule has 1 aliphatic rings. The average molecular weight is 204 g/mol. The van der Waals surface area contributed by atoms with Gasteiger partial charge in [0.25, 0.3) is 5.91 Å². The summed E-state index contributed by atoms with van der Waals surface area (Å²) in [5.74, 6) is 4.61. The second-order valence-corrected chi connectivity index (χ2v) is 3.11. The molecular formula is C8H9BN4O2. The summed E-state index contributed by atoms with van der Waals surface area (Å²) < 4.78 is 0. The van der Waals surface area contributed by atoms with Crippen molar-refractivity contribution in [1.82, 2.24) is 10.8 Å². The molecule has 5 N–H and O–H groups in total. The summed E-state index contributed by atoms with van der Waals surface area (Å²) in [5, 5.41) is 15.8. The van der Waals surface area contributed by atoms with Crippen molar-refractivity contribution in [3.8, 4) is 0 Å². The maximum absolute atomic E-state index is 11.2. The van der Waals surface area contributed by atoms with Crippen LogP contribution < -0.4 is 22.1 Å². The zero-order valence-electron chi connectivity index (χ0n) is 7.77. The van der Waals surface area contributed by atoms with Crippen LogP contribution in [0, 0.1) is 0 Å². The molecule has 0 saturated carbocycles. The first-order chi connectivity index (χ1) is 7.22. The Hall–Kier alpha value is -1.86. The monoisotopic (exact) mass is 204 g/mol. The summed E-state index contributed by atoms with van der Waals surface area (Å²) >= 11 is 0. The quantitative estimate of drug-likeness (QED) is 0.182. The van der Waals surface area contributed by atoms with Crippen LogP contribution in [-0.4, -0.2) is 24.2 Å². The minimum absolute atomic E-state index is 0.396. The SMILES string of the molecule is NNC(=O)c1ccc2c(c1)B(O)NN=C2. The fourth-order valence-electron chi connectivity index (χ4n) is 1.40. The number of nitrogens with one attached hydrogen (secondary N) is 2. The van der Waals surface area contributed by atoms with E-state index in [4.69, 9.17) is 5.84 Å². The topological polar surface area (TPSA) is 99.7 Å². The molecule has 1 heterocycles. The zero-order valence-corrected chi connectivity index (χ0v) is 7.77. The van der Waals surface area contributed by atoms with Crippen LogP contribution >= 0.6 is 0 Å². The first-order valence-electron chi connectivity index (χ1n) is 4.34. The van der Waals surface area contributed by atoms with Crippen molar-refractivity contribution >= 4 is 24.6 Å². The summed E-state index contributed by atoms with van der Waals surface area (Å²) in [6.07, 6.45) is 1.58. The lowest BCUT2D eigenvalue weighted by molar-refractivity contribution is 0.0953. The number of fused-ring (bicyclic) bond motifs is 1. The van der Waals surface area contributed by atoms with Crippen molar-refractivity contribution in [3.63, 3.8) is 0 Å². The smallest absolute Gasteiger partial charge is 0.428 e. The van der Waals surface area contributed by atoms with E-state index in [-0.39, 0.29) is 0 Å². The van der Waals surface area contributed by atoms with Crippen molar-refractivity contribution < 1.29 is 9.82 Å². The van der Waals surface area contributed by atoms with Crippen LogP contribution in [0.2, 0.25) is 0 Å². The first kappa shape index (κ1) is 9.69. The molecule has 0 spiro atoms. The van der Waals surface area contributed by atoms with Crippen molar-refractivity contribution in [3.05, 3.63) is 29.3 Å². The summed E-state index contributed by atoms with van der Waals surface area (Å²) in [4.78, 5) is 11.2. The number of rotatable bonds is 1. The number of carbonyl (C=O) groups is 1. The van der Waals surface area contributed by atoms with Crippen LogP contribution in [0.1, 0.15) is 15.9 Å². The molecule has 15 heavy (non-hydrogen) atoms. The molecule has 0 unspecified atom stereocenters. The molecular weight excluding hydrogens is 195 g/mol. The van der Waals surface area contributed by atoms with E-state index in [0.29, 0.717) is 11.0 Å². The van der Waals surface area contributed by atoms with Gasteiger partial charge in [-0.2, -0.15) is 5.10 Å². The van der Waals surface area contributed by atoms with E-state index in [1.807, 2.05) is 5.43 Å². The van der Waals surface area contributed by atoms with Gasteiger partial charge in [-0.3, -0.25) is 10.2 Å². The summed E-state index contributed by atoms with van der Waals surface area (Å²) in [6.45, 7) is 0. The maximum Gasteiger partial charge on any atom is 0.464 e. The van der Waals surface area contributed by atoms with Gasteiger partial charge in [0.15, 0.2) is 0 Å². The largest absolute Gasteiger partial charge is 0.464 e. The Labute approximate surface area is 86.3 Å². The van der Waals surface area contributed by atoms with Crippen LogP contribution in [0.15, 0.2) is 23.3 Å². The van der Waals surface area contributed by atoms with Crippen LogP contribution in [-0.2, 0) is 0 Å². The van der Waals surface area contributed by atoms with E-state index in [1.165, 1.54) is 0 Å². The molecule has 0 aliphatic carbocycles. The van der Waals surface area contributed by atoms with Crippen molar-refractivity contribution in [2.45, 2.75) is 0 Å². The van der Waals surface area contributed by atoms with Gasteiger partial charge >= 0.3 is 7.05 Å². The van der Waals surface area contributed by atoms with E-state index < -0.39 is 13.0 Å². The first-order valence-corrected chi connectivity index (χ1v) is 4.34. The molecule has 1 aliphatic heterocycles. The highest BCUT2D eigenvalue weighted by Gasteiger charge is 2.22. The molecule has 6 nitrogen and oxygen atoms in total. The molecule has 1 aromatic rings. The zero-order chi connectivity index (χ0) is 10.8. The summed E-state index contributed by atoms with van der Waals surface area (Å²) in [5.41, 5.74) is 3.80. The van der Waals surface area contributed by atoms with E-state index >= 15 is 0 Å². The Morgan fingerprint density at radius 2 is 2.40 bits per heavy atom. The molecule has 1 amide bonds. The van der Waals surface area contributed by atoms with Crippen molar-refractivity contribution in [2.24, 2.45) is 10.9 Å². The number of nitrogen functional groups attached to an aromatic ring is 1. The molecule has 0 radical (unpaired) electrons. The Balaban J connectivity index is 2.44. The average Bonchev–Trinajstić information content (AvgIpc) is 2.28. The van der Waals surface area contributed by atoms with Crippen molar-refractivity contribution in [2.75, 3.05) is 0 Å². The lowest BCUT2D eigenvalue weighted by atomic mass is 9.71. The van der Waals surface area contributed by atoms with Gasteiger partial charge in [0.2, 0.25) is 0 Å². The van der Waals surface area contributed by atoms with Crippen LogP contribution in [0.3, 0.4) is 0 Å². The Morgan fingerprint density at radius 1 is 1.60 bits per heavy atom. The Kier molecular flexibility index (Phi) is 2.40. The lowest BCUT2D eigenvalue weighted by Crippen LogP contribution is -2.47. The fourth-order valence-corrected chi connectivity index (χ4v) is 1.40. The number of hydrazone groups is 1. The minimum Gasteiger partial charge on any atom is -0.428 e. The number of amides is 1. The van der Waals surface area contributed by atoms with Crippen LogP contribution in [0.25, 0.3) is 0 Å². The van der Waals surface area contributed by atoms with Gasteiger partial charge in [-0.25, -0.2) is 5.84 Å². The van der Waals surface area contributed by atoms with Gasteiger partial charge in [0, 0.05) is 5.56 Å². The number of hydrogen-bond acceptors (Lipinski definition) is 5. The van der Waals surface area contributed by atoms with Crippen molar-refractivity contribution in [1.29, 1.82) is 0 Å². The second kappa shape index (κ2) is 3.72. The third-order valence-electron chi connectivity index (χ3n) is 2.18. The Bertz CT molecular complexity index is 435. The highest BCUT2D eigenvalue weighted by Crippen LogP contribution is 2.03. The lowest BCUT2D eigenvalue weighted by Gasteiger charge is -2.14. The number of nitrogens with zero attached hydrogens (tertiary/aromatic N) is 1. The summed E-state index contributed by atoms with van der Waals surface area (Å²) in [7, 11) is -0.893. The number of carbonyl (C=O) groups excluding carboxylic acids is 1. The highest BCUT2D eigenvalue weighted by molar-refractivity contribution is 6.65. The van der Waals surface area contributed by atoms with Crippen LogP contribution in [0.5, 0.6) is 0 Å². The predicted octanol–water partition coefficient (Wildman–Crippen LogP) is -2.09. The predicted molar refractivity (Wildman–Crippen MR) is 56.4 cm³/mol. The fraction of sp³-hybridized carbons (Fsp3) is 0. The molecule has 0 saturated heterocycles. The van der Waals surface area contributed by atoms with Gasteiger partial charge < -0.3 is 10.4 Å². The van der Waals surface area contributed by atoms with Gasteiger partial charge in [0.1, 0.15) is 0 Å². The maximum atomic E-state index is 11.2. The molecule has 1 aromatic carbocycles. The van der Waals surface area contributed by atoms with E-state index in [0.717, 1.165) is 5.56 Å². The molecule has 2 rings (SSSR count).